The molecule has 1 aromatic rings. The van der Waals surface area contributed by atoms with Gasteiger partial charge in [0.25, 0.3) is 0 Å². The van der Waals surface area contributed by atoms with Crippen LogP contribution in [0.15, 0.2) is 18.2 Å². The Balaban J connectivity index is 0.000000354. The third kappa shape index (κ3) is 3.98. The highest BCUT2D eigenvalue weighted by molar-refractivity contribution is 5.43. The molecule has 0 radical (unpaired) electrons. The van der Waals surface area contributed by atoms with E-state index in [9.17, 15) is 0 Å². The number of nitrogen functional groups attached to an aromatic ring is 1. The van der Waals surface area contributed by atoms with E-state index >= 15 is 0 Å². The Bertz CT molecular complexity index is 233. The molecule has 12 heavy (non-hydrogen) atoms. The van der Waals surface area contributed by atoms with Crippen molar-refractivity contribution in [2.24, 2.45) is 0 Å². The van der Waals surface area contributed by atoms with Crippen molar-refractivity contribution in [1.82, 2.24) is 0 Å². The molecule has 0 fully saturated rings. The molecule has 1 rings (SSSR count). The molecule has 1 aromatic carbocycles. The lowest BCUT2D eigenvalue weighted by atomic mass is 10.1. The fraction of sp³-hybridized carbons (Fsp3) is 0.400. The fourth-order valence-corrected chi connectivity index (χ4v) is 0.765. The molecule has 0 aromatic heterocycles. The summed E-state index contributed by atoms with van der Waals surface area (Å²) in [7, 11) is 0. The first-order chi connectivity index (χ1) is 5.61. The minimum atomic E-state index is 0.250. The van der Waals surface area contributed by atoms with Gasteiger partial charge in [0.05, 0.1) is 0 Å². The Labute approximate surface area is 74.0 Å². The second kappa shape index (κ2) is 5.61. The molecule has 0 atom stereocenters. The van der Waals surface area contributed by atoms with Crippen LogP contribution in [-0.2, 0) is 0 Å². The molecule has 0 bridgehead atoms. The third-order valence-corrected chi connectivity index (χ3v) is 1.53. The summed E-state index contributed by atoms with van der Waals surface area (Å²) in [5.41, 5.74) is 8.93. The van der Waals surface area contributed by atoms with E-state index in [1.807, 2.05) is 18.2 Å². The summed E-state index contributed by atoms with van der Waals surface area (Å²) in [5, 5.41) is 7.57. The maximum atomic E-state index is 7.57. The standard InChI is InChI=1S/C8H11N.C2H6O/c1-6-3-4-8(9)5-7(6)2;1-2-3/h3-5H,9H2,1-2H3;3H,2H2,1H3. The topological polar surface area (TPSA) is 46.2 Å². The van der Waals surface area contributed by atoms with E-state index in [2.05, 4.69) is 13.8 Å². The number of aliphatic hydroxyl groups is 1. The largest absolute Gasteiger partial charge is 0.399 e. The van der Waals surface area contributed by atoms with Gasteiger partial charge in [-0.3, -0.25) is 0 Å². The molecule has 0 aliphatic carbocycles. The van der Waals surface area contributed by atoms with E-state index in [1.165, 1.54) is 11.1 Å². The van der Waals surface area contributed by atoms with Crippen molar-refractivity contribution in [3.63, 3.8) is 0 Å². The van der Waals surface area contributed by atoms with Crippen molar-refractivity contribution in [3.8, 4) is 0 Å². The molecule has 68 valence electrons. The highest BCUT2D eigenvalue weighted by atomic mass is 16.2. The summed E-state index contributed by atoms with van der Waals surface area (Å²) in [6, 6.07) is 5.93. The van der Waals surface area contributed by atoms with Gasteiger partial charge < -0.3 is 10.8 Å². The molecule has 0 aliphatic rings. The van der Waals surface area contributed by atoms with E-state index in [0.29, 0.717) is 0 Å². The Morgan fingerprint density at radius 2 is 1.75 bits per heavy atom. The summed E-state index contributed by atoms with van der Waals surface area (Å²) >= 11 is 0. The summed E-state index contributed by atoms with van der Waals surface area (Å²) in [5.74, 6) is 0. The average Bonchev–Trinajstić information content (AvgIpc) is 1.99. The number of aliphatic hydroxyl groups excluding tert-OH is 1. The Hall–Kier alpha value is -1.02. The SMILES string of the molecule is CCO.Cc1ccc(N)cc1C. The van der Waals surface area contributed by atoms with Gasteiger partial charge in [0.15, 0.2) is 0 Å². The van der Waals surface area contributed by atoms with Crippen molar-refractivity contribution in [3.05, 3.63) is 29.3 Å². The maximum Gasteiger partial charge on any atom is 0.0402 e. The van der Waals surface area contributed by atoms with E-state index in [4.69, 9.17) is 10.8 Å². The molecule has 2 nitrogen and oxygen atoms in total. The molecule has 0 amide bonds. The van der Waals surface area contributed by atoms with Gasteiger partial charge in [-0.05, 0) is 44.0 Å². The number of rotatable bonds is 0. The van der Waals surface area contributed by atoms with Crippen LogP contribution >= 0.6 is 0 Å². The van der Waals surface area contributed by atoms with E-state index in [-0.39, 0.29) is 6.61 Å². The van der Waals surface area contributed by atoms with Crippen LogP contribution in [0, 0.1) is 13.8 Å². The molecule has 0 saturated heterocycles. The van der Waals surface area contributed by atoms with Crippen LogP contribution in [0.5, 0.6) is 0 Å². The van der Waals surface area contributed by atoms with Gasteiger partial charge in [-0.25, -0.2) is 0 Å². The van der Waals surface area contributed by atoms with Crippen molar-refractivity contribution in [1.29, 1.82) is 0 Å². The molecular formula is C10H17NO. The first-order valence-corrected chi connectivity index (χ1v) is 4.05. The lowest BCUT2D eigenvalue weighted by Crippen LogP contribution is -1.86. The summed E-state index contributed by atoms with van der Waals surface area (Å²) in [6.45, 7) is 6.07. The normalized spacial score (nSPS) is 8.67. The van der Waals surface area contributed by atoms with Crippen LogP contribution < -0.4 is 5.73 Å². The van der Waals surface area contributed by atoms with Crippen LogP contribution in [0.1, 0.15) is 18.1 Å². The number of aryl methyl sites for hydroxylation is 2. The van der Waals surface area contributed by atoms with E-state index < -0.39 is 0 Å². The number of hydrogen-bond acceptors (Lipinski definition) is 2. The minimum Gasteiger partial charge on any atom is -0.399 e. The van der Waals surface area contributed by atoms with Gasteiger partial charge in [0.1, 0.15) is 0 Å². The van der Waals surface area contributed by atoms with Crippen LogP contribution in [0.3, 0.4) is 0 Å². The highest BCUT2D eigenvalue weighted by Gasteiger charge is 1.89. The first-order valence-electron chi connectivity index (χ1n) is 4.05. The van der Waals surface area contributed by atoms with E-state index in [1.54, 1.807) is 6.92 Å². The monoisotopic (exact) mass is 167 g/mol. The lowest BCUT2D eigenvalue weighted by Gasteiger charge is -1.98. The van der Waals surface area contributed by atoms with Gasteiger partial charge in [-0.2, -0.15) is 0 Å². The van der Waals surface area contributed by atoms with Gasteiger partial charge in [0.2, 0.25) is 0 Å². The molecule has 0 saturated carbocycles. The summed E-state index contributed by atoms with van der Waals surface area (Å²) in [4.78, 5) is 0. The van der Waals surface area contributed by atoms with E-state index in [0.717, 1.165) is 5.69 Å². The predicted octanol–water partition coefficient (Wildman–Crippen LogP) is 1.88. The second-order valence-corrected chi connectivity index (χ2v) is 2.66. The lowest BCUT2D eigenvalue weighted by molar-refractivity contribution is 0.318. The van der Waals surface area contributed by atoms with Gasteiger partial charge >= 0.3 is 0 Å². The van der Waals surface area contributed by atoms with Crippen molar-refractivity contribution >= 4 is 5.69 Å². The molecule has 0 heterocycles. The van der Waals surface area contributed by atoms with Crippen molar-refractivity contribution in [2.45, 2.75) is 20.8 Å². The number of nitrogens with two attached hydrogens (primary N) is 1. The van der Waals surface area contributed by atoms with Crippen molar-refractivity contribution < 1.29 is 5.11 Å². The van der Waals surface area contributed by atoms with Crippen molar-refractivity contribution in [2.75, 3.05) is 12.3 Å². The fourth-order valence-electron chi connectivity index (χ4n) is 0.765. The molecule has 0 aliphatic heterocycles. The van der Waals surface area contributed by atoms with Crippen LogP contribution in [0.4, 0.5) is 5.69 Å². The Morgan fingerprint density at radius 3 is 2.08 bits per heavy atom. The van der Waals surface area contributed by atoms with Gasteiger partial charge in [-0.1, -0.05) is 6.07 Å². The Morgan fingerprint density at radius 1 is 1.25 bits per heavy atom. The molecular weight excluding hydrogens is 150 g/mol. The average molecular weight is 167 g/mol. The second-order valence-electron chi connectivity index (χ2n) is 2.66. The quantitative estimate of drug-likeness (QED) is 0.579. The summed E-state index contributed by atoms with van der Waals surface area (Å²) < 4.78 is 0. The number of anilines is 1. The smallest absolute Gasteiger partial charge is 0.0402 e. The van der Waals surface area contributed by atoms with Crippen LogP contribution in [0.2, 0.25) is 0 Å². The Kier molecular flexibility index (Phi) is 5.13. The molecule has 0 unspecified atom stereocenters. The molecule has 2 heteroatoms. The molecule has 3 N–H and O–H groups in total. The number of hydrogen-bond donors (Lipinski definition) is 2. The number of benzene rings is 1. The zero-order valence-corrected chi connectivity index (χ0v) is 7.96. The predicted molar refractivity (Wildman–Crippen MR) is 53.1 cm³/mol. The minimum absolute atomic E-state index is 0.250. The highest BCUT2D eigenvalue weighted by Crippen LogP contribution is 2.09. The summed E-state index contributed by atoms with van der Waals surface area (Å²) in [6.07, 6.45) is 0. The van der Waals surface area contributed by atoms with Gasteiger partial charge in [0, 0.05) is 12.3 Å². The zero-order valence-electron chi connectivity index (χ0n) is 7.96. The van der Waals surface area contributed by atoms with Crippen LogP contribution in [0.25, 0.3) is 0 Å². The molecule has 0 spiro atoms. The van der Waals surface area contributed by atoms with Crippen LogP contribution in [-0.4, -0.2) is 11.7 Å². The first kappa shape index (κ1) is 11.0. The maximum absolute atomic E-state index is 7.57. The third-order valence-electron chi connectivity index (χ3n) is 1.53. The van der Waals surface area contributed by atoms with Gasteiger partial charge in [-0.15, -0.1) is 0 Å². The zero-order chi connectivity index (χ0) is 9.56.